The maximum absolute atomic E-state index is 10.1. The number of thioether (sulfide) groups is 1. The minimum absolute atomic E-state index is 0.121. The molecule has 0 amide bonds. The van der Waals surface area contributed by atoms with Crippen LogP contribution in [0.15, 0.2) is 83.9 Å². The Morgan fingerprint density at radius 2 is 1.82 bits per heavy atom. The smallest absolute Gasteiger partial charge is 0.219 e. The summed E-state index contributed by atoms with van der Waals surface area (Å²) in [6.07, 6.45) is 1.05. The number of aromatic nitrogens is 1. The van der Waals surface area contributed by atoms with E-state index in [0.29, 0.717) is 22.4 Å². The van der Waals surface area contributed by atoms with Crippen molar-refractivity contribution in [1.82, 2.24) is 4.98 Å². The van der Waals surface area contributed by atoms with Gasteiger partial charge in [-0.05, 0) is 47.2 Å². The number of aromatic hydroxyl groups is 1. The molecule has 0 radical (unpaired) electrons. The van der Waals surface area contributed by atoms with Crippen molar-refractivity contribution < 1.29 is 9.84 Å². The molecule has 164 valence electrons. The van der Waals surface area contributed by atoms with Gasteiger partial charge in [-0.25, -0.2) is 4.98 Å². The van der Waals surface area contributed by atoms with Gasteiger partial charge in [-0.15, -0.1) is 0 Å². The van der Waals surface area contributed by atoms with E-state index in [9.17, 15) is 5.11 Å². The molecule has 0 unspecified atom stereocenters. The number of hydrogen-bond donors (Lipinski definition) is 1. The van der Waals surface area contributed by atoms with Crippen LogP contribution in [0.5, 0.6) is 17.4 Å². The number of para-hydroxylation sites is 1. The average molecular weight is 453 g/mol. The molecule has 2 atom stereocenters. The summed E-state index contributed by atoms with van der Waals surface area (Å²) in [6, 6.07) is 26.2. The zero-order valence-corrected chi connectivity index (χ0v) is 19.3. The molecule has 0 bridgehead atoms. The predicted molar refractivity (Wildman–Crippen MR) is 135 cm³/mol. The first-order valence-electron chi connectivity index (χ1n) is 11.2. The molecule has 4 nitrogen and oxygen atoms in total. The third kappa shape index (κ3) is 3.57. The number of hydrogen-bond acceptors (Lipinski definition) is 5. The van der Waals surface area contributed by atoms with E-state index in [1.165, 1.54) is 11.1 Å². The van der Waals surface area contributed by atoms with Gasteiger partial charge in [0.1, 0.15) is 17.0 Å². The molecule has 2 heterocycles. The largest absolute Gasteiger partial charge is 0.506 e. The quantitative estimate of drug-likeness (QED) is 0.363. The Labute approximate surface area is 197 Å². The lowest BCUT2D eigenvalue weighted by Gasteiger charge is -2.38. The van der Waals surface area contributed by atoms with E-state index in [2.05, 4.69) is 49.2 Å². The predicted octanol–water partition coefficient (Wildman–Crippen LogP) is 7.02. The number of pyridine rings is 1. The van der Waals surface area contributed by atoms with Crippen molar-refractivity contribution in [3.05, 3.63) is 95.6 Å². The molecule has 2 aliphatic rings. The second-order valence-corrected chi connectivity index (χ2v) is 10.5. The number of fused-ring (bicyclic) bond motifs is 4. The molecule has 1 aromatic heterocycles. The summed E-state index contributed by atoms with van der Waals surface area (Å²) >= 11 is 1.86. The molecule has 1 aliphatic heterocycles. The topological polar surface area (TPSA) is 54.7 Å². The van der Waals surface area contributed by atoms with Gasteiger partial charge in [-0.3, -0.25) is 4.99 Å². The molecule has 0 fully saturated rings. The van der Waals surface area contributed by atoms with Gasteiger partial charge in [0.05, 0.1) is 16.3 Å². The summed E-state index contributed by atoms with van der Waals surface area (Å²) in [5, 5.41) is 12.4. The first-order valence-corrected chi connectivity index (χ1v) is 12.1. The van der Waals surface area contributed by atoms with Gasteiger partial charge in [0.25, 0.3) is 0 Å². The fourth-order valence-corrected chi connectivity index (χ4v) is 6.34. The number of rotatable bonds is 3. The first kappa shape index (κ1) is 20.3. The Morgan fingerprint density at radius 1 is 0.970 bits per heavy atom. The Kier molecular flexibility index (Phi) is 4.70. The molecular weight excluding hydrogens is 428 g/mol. The summed E-state index contributed by atoms with van der Waals surface area (Å²) < 4.78 is 6.06. The van der Waals surface area contributed by atoms with Gasteiger partial charge in [0.2, 0.25) is 5.88 Å². The van der Waals surface area contributed by atoms with Crippen LogP contribution in [-0.2, 0) is 5.41 Å². The third-order valence-corrected chi connectivity index (χ3v) is 7.95. The van der Waals surface area contributed by atoms with E-state index in [1.807, 2.05) is 48.2 Å². The van der Waals surface area contributed by atoms with Crippen LogP contribution >= 0.6 is 11.8 Å². The van der Waals surface area contributed by atoms with Crippen LogP contribution in [0, 0.1) is 0 Å². The van der Waals surface area contributed by atoms with E-state index in [0.717, 1.165) is 22.4 Å². The van der Waals surface area contributed by atoms with Crippen molar-refractivity contribution in [1.29, 1.82) is 0 Å². The van der Waals surface area contributed by atoms with Gasteiger partial charge in [-0.2, -0.15) is 0 Å². The van der Waals surface area contributed by atoms with Crippen LogP contribution in [0.2, 0.25) is 0 Å². The highest BCUT2D eigenvalue weighted by atomic mass is 32.2. The lowest BCUT2D eigenvalue weighted by Crippen LogP contribution is -2.32. The number of nitrogens with zero attached hydrogens (tertiary/aromatic N) is 2. The highest BCUT2D eigenvalue weighted by Crippen LogP contribution is 2.52. The molecule has 6 rings (SSSR count). The van der Waals surface area contributed by atoms with Crippen molar-refractivity contribution in [3.63, 3.8) is 0 Å². The molecule has 1 N–H and O–H groups in total. The fourth-order valence-electron chi connectivity index (χ4n) is 4.99. The number of phenolic OH excluding ortho intramolecular Hbond substituents is 1. The van der Waals surface area contributed by atoms with Gasteiger partial charge in [0.15, 0.2) is 0 Å². The van der Waals surface area contributed by atoms with Crippen molar-refractivity contribution in [3.8, 4) is 17.4 Å². The van der Waals surface area contributed by atoms with Gasteiger partial charge in [0, 0.05) is 17.0 Å². The van der Waals surface area contributed by atoms with E-state index in [1.54, 1.807) is 12.1 Å². The molecule has 4 aromatic rings. The van der Waals surface area contributed by atoms with Gasteiger partial charge in [-0.1, -0.05) is 74.1 Å². The van der Waals surface area contributed by atoms with Crippen LogP contribution in [0.1, 0.15) is 42.2 Å². The highest BCUT2D eigenvalue weighted by molar-refractivity contribution is 8.15. The summed E-state index contributed by atoms with van der Waals surface area (Å²) in [7, 11) is 0. The number of benzene rings is 3. The zero-order chi connectivity index (χ0) is 22.6. The summed E-state index contributed by atoms with van der Waals surface area (Å²) in [6.45, 7) is 4.64. The second kappa shape index (κ2) is 7.63. The van der Waals surface area contributed by atoms with Crippen molar-refractivity contribution >= 4 is 27.7 Å². The Morgan fingerprint density at radius 3 is 2.73 bits per heavy atom. The molecular formula is C28H24N2O2S. The lowest BCUT2D eigenvalue weighted by atomic mass is 9.71. The van der Waals surface area contributed by atoms with Gasteiger partial charge < -0.3 is 9.84 Å². The number of aliphatic imine (C=N–C) groups is 1. The Balaban J connectivity index is 1.29. The van der Waals surface area contributed by atoms with Crippen LogP contribution in [0.25, 0.3) is 10.9 Å². The molecule has 5 heteroatoms. The lowest BCUT2D eigenvalue weighted by molar-refractivity contribution is 0.392. The maximum atomic E-state index is 10.1. The van der Waals surface area contributed by atoms with Crippen LogP contribution < -0.4 is 4.74 Å². The summed E-state index contributed by atoms with van der Waals surface area (Å²) in [5.74, 6) is 1.30. The Bertz CT molecular complexity index is 1410. The first-order chi connectivity index (χ1) is 16.0. The maximum Gasteiger partial charge on any atom is 0.219 e. The molecule has 3 aromatic carbocycles. The molecule has 1 aliphatic carbocycles. The SMILES string of the molecule is CC1(C)C[C@@H]2N=C(c3cccc(Oc4ccc5cccc(O)c5n4)c3)S[C@@H]2c2ccccc21. The van der Waals surface area contributed by atoms with Gasteiger partial charge >= 0.3 is 0 Å². The number of ether oxygens (including phenoxy) is 1. The van der Waals surface area contributed by atoms with E-state index >= 15 is 0 Å². The molecule has 0 saturated heterocycles. The van der Waals surface area contributed by atoms with Crippen LogP contribution in [0.3, 0.4) is 0 Å². The molecule has 33 heavy (non-hydrogen) atoms. The Hall–Kier alpha value is -3.31. The van der Waals surface area contributed by atoms with Crippen molar-refractivity contribution in [2.45, 2.75) is 37.0 Å². The standard InChI is InChI=1S/C28H24N2O2S/c1-28(2)16-22-26(20-10-3-4-11-21(20)28)33-27(29-22)18-8-5-9-19(15-18)32-24-14-13-17-7-6-12-23(31)25(17)30-24/h3-15,22,26,31H,16H2,1-2H3/t22-,26+/m0/s1. The van der Waals surface area contributed by atoms with E-state index in [4.69, 9.17) is 9.73 Å². The third-order valence-electron chi connectivity index (χ3n) is 6.56. The minimum atomic E-state index is 0.121. The van der Waals surface area contributed by atoms with Crippen molar-refractivity contribution in [2.75, 3.05) is 0 Å². The minimum Gasteiger partial charge on any atom is -0.506 e. The second-order valence-electron chi connectivity index (χ2n) is 9.34. The van der Waals surface area contributed by atoms with Crippen molar-refractivity contribution in [2.24, 2.45) is 4.99 Å². The highest BCUT2D eigenvalue weighted by Gasteiger charge is 2.43. The summed E-state index contributed by atoms with van der Waals surface area (Å²) in [5.41, 5.74) is 4.57. The zero-order valence-electron chi connectivity index (χ0n) is 18.5. The average Bonchev–Trinajstić information content (AvgIpc) is 3.23. The van der Waals surface area contributed by atoms with E-state index in [-0.39, 0.29) is 17.2 Å². The fraction of sp³-hybridized carbons (Fsp3) is 0.214. The molecule has 0 spiro atoms. The van der Waals surface area contributed by atoms with Crippen LogP contribution in [0.4, 0.5) is 0 Å². The summed E-state index contributed by atoms with van der Waals surface area (Å²) in [4.78, 5) is 9.64. The van der Waals surface area contributed by atoms with E-state index < -0.39 is 0 Å². The van der Waals surface area contributed by atoms with Crippen LogP contribution in [-0.4, -0.2) is 21.2 Å². The molecule has 0 saturated carbocycles. The monoisotopic (exact) mass is 452 g/mol. The number of phenols is 1. The normalized spacial score (nSPS) is 20.7.